The first-order valence-corrected chi connectivity index (χ1v) is 33.8. The molecule has 0 aliphatic carbocycles. The van der Waals surface area contributed by atoms with Gasteiger partial charge < -0.3 is 14.2 Å². The maximum Gasteiger partial charge on any atom is 0.306 e. The van der Waals surface area contributed by atoms with Crippen LogP contribution < -0.4 is 0 Å². The van der Waals surface area contributed by atoms with E-state index in [0.717, 1.165) is 69.6 Å². The molecule has 0 aromatic heterocycles. The highest BCUT2D eigenvalue weighted by atomic mass is 16.6. The lowest BCUT2D eigenvalue weighted by Crippen LogP contribution is -2.30. The Morgan fingerprint density at radius 2 is 0.514 bits per heavy atom. The Kier molecular flexibility index (Phi) is 59.3. The number of esters is 3. The van der Waals surface area contributed by atoms with E-state index in [1.54, 1.807) is 0 Å². The van der Waals surface area contributed by atoms with Gasteiger partial charge in [0.25, 0.3) is 0 Å². The molecule has 2 atom stereocenters. The highest BCUT2D eigenvalue weighted by Gasteiger charge is 2.20. The number of unbranched alkanes of at least 4 members (excludes halogenated alkanes) is 46. The largest absolute Gasteiger partial charge is 0.462 e. The minimum atomic E-state index is -0.764. The molecule has 0 N–H and O–H groups in total. The first-order valence-electron chi connectivity index (χ1n) is 33.8. The molecule has 0 spiro atoms. The molecular formula is C68H132O6. The summed E-state index contributed by atoms with van der Waals surface area (Å²) < 4.78 is 17.0. The van der Waals surface area contributed by atoms with Gasteiger partial charge in [0.1, 0.15) is 13.2 Å². The molecule has 0 radical (unpaired) electrons. The molecule has 0 saturated heterocycles. The fourth-order valence-electron chi connectivity index (χ4n) is 10.6. The molecule has 0 saturated carbocycles. The van der Waals surface area contributed by atoms with Gasteiger partial charge in [-0.1, -0.05) is 349 Å². The molecule has 0 aromatic carbocycles. The molecule has 74 heavy (non-hydrogen) atoms. The third-order valence-corrected chi connectivity index (χ3v) is 16.1. The maximum atomic E-state index is 12.9. The molecule has 440 valence electrons. The molecule has 6 nitrogen and oxygen atoms in total. The summed E-state index contributed by atoms with van der Waals surface area (Å²) >= 11 is 0. The van der Waals surface area contributed by atoms with Gasteiger partial charge in [-0.2, -0.15) is 0 Å². The zero-order valence-corrected chi connectivity index (χ0v) is 51.0. The average Bonchev–Trinajstić information content (AvgIpc) is 3.39. The minimum Gasteiger partial charge on any atom is -0.462 e. The van der Waals surface area contributed by atoms with E-state index in [0.29, 0.717) is 19.3 Å². The molecule has 6 heteroatoms. The van der Waals surface area contributed by atoms with E-state index in [2.05, 4.69) is 34.6 Å². The Balaban J connectivity index is 4.27. The Hall–Kier alpha value is -1.59. The molecule has 0 aromatic rings. The first-order chi connectivity index (χ1) is 36.3. The molecule has 0 bridgehead atoms. The lowest BCUT2D eigenvalue weighted by atomic mass is 9.99. The van der Waals surface area contributed by atoms with Crippen LogP contribution in [0.4, 0.5) is 0 Å². The van der Waals surface area contributed by atoms with Crippen LogP contribution in [0.5, 0.6) is 0 Å². The lowest BCUT2D eigenvalue weighted by molar-refractivity contribution is -0.167. The SMILES string of the molecule is CCCCCCCCCCCCCCCCCCC(=O)OC[C@@H](COC(=O)CCCCCCCCCCCCCCCCCC(C)C)OC(=O)CCCCCCCCCCCCCCCCCCCCC(C)CC. The Labute approximate surface area is 463 Å². The number of ether oxygens (including phenoxy) is 3. The molecule has 0 fully saturated rings. The Morgan fingerprint density at radius 3 is 0.770 bits per heavy atom. The summed E-state index contributed by atoms with van der Waals surface area (Å²) in [5.74, 6) is 0.931. The van der Waals surface area contributed by atoms with Crippen LogP contribution in [0.1, 0.15) is 388 Å². The van der Waals surface area contributed by atoms with Gasteiger partial charge in [0, 0.05) is 19.3 Å². The van der Waals surface area contributed by atoms with E-state index in [1.165, 1.54) is 276 Å². The standard InChI is InChI=1S/C68H132O6/c1-6-8-9-10-11-12-13-14-15-23-28-33-38-43-48-53-58-66(69)72-61-65(62-73-67(70)59-54-49-44-39-34-29-25-20-21-26-31-36-41-46-51-56-63(3)4)74-68(71)60-55-50-45-40-35-30-24-19-17-16-18-22-27-32-37-42-47-52-57-64(5)7-2/h63-65H,6-62H2,1-5H3/t64?,65-/m0/s1. The molecule has 1 unspecified atom stereocenters. The maximum absolute atomic E-state index is 12.9. The predicted octanol–water partition coefficient (Wildman–Crippen LogP) is 22.8. The minimum absolute atomic E-state index is 0.0614. The van der Waals surface area contributed by atoms with Crippen LogP contribution in [-0.4, -0.2) is 37.2 Å². The smallest absolute Gasteiger partial charge is 0.306 e. The second-order valence-corrected chi connectivity index (χ2v) is 24.2. The number of rotatable bonds is 62. The quantitative estimate of drug-likeness (QED) is 0.0343. The van der Waals surface area contributed by atoms with Crippen molar-refractivity contribution in [1.82, 2.24) is 0 Å². The van der Waals surface area contributed by atoms with Crippen LogP contribution in [0.3, 0.4) is 0 Å². The van der Waals surface area contributed by atoms with Gasteiger partial charge in [0.2, 0.25) is 0 Å². The van der Waals surface area contributed by atoms with Crippen LogP contribution in [0.15, 0.2) is 0 Å². The summed E-state index contributed by atoms with van der Waals surface area (Å²) in [6, 6.07) is 0. The van der Waals surface area contributed by atoms with Gasteiger partial charge in [-0.05, 0) is 31.1 Å². The third kappa shape index (κ3) is 59.7. The number of carbonyl (C=O) groups is 3. The summed E-state index contributed by atoms with van der Waals surface area (Å²) in [6.07, 6.45) is 68.2. The van der Waals surface area contributed by atoms with Gasteiger partial charge in [0.05, 0.1) is 0 Å². The normalized spacial score (nSPS) is 12.4. The highest BCUT2D eigenvalue weighted by Crippen LogP contribution is 2.20. The van der Waals surface area contributed by atoms with Crippen LogP contribution in [0, 0.1) is 11.8 Å². The summed E-state index contributed by atoms with van der Waals surface area (Å²) in [5.41, 5.74) is 0. The van der Waals surface area contributed by atoms with Crippen molar-refractivity contribution in [2.45, 2.75) is 394 Å². The topological polar surface area (TPSA) is 78.9 Å². The predicted molar refractivity (Wildman–Crippen MR) is 321 cm³/mol. The van der Waals surface area contributed by atoms with E-state index >= 15 is 0 Å². The van der Waals surface area contributed by atoms with Gasteiger partial charge in [-0.25, -0.2) is 0 Å². The van der Waals surface area contributed by atoms with Crippen molar-refractivity contribution in [3.63, 3.8) is 0 Å². The summed E-state index contributed by atoms with van der Waals surface area (Å²) in [6.45, 7) is 11.5. The van der Waals surface area contributed by atoms with Crippen molar-refractivity contribution in [2.75, 3.05) is 13.2 Å². The van der Waals surface area contributed by atoms with Crippen molar-refractivity contribution >= 4 is 17.9 Å². The molecule has 0 rings (SSSR count). The van der Waals surface area contributed by atoms with Crippen LogP contribution >= 0.6 is 0 Å². The lowest BCUT2D eigenvalue weighted by Gasteiger charge is -2.18. The summed E-state index contributed by atoms with van der Waals surface area (Å²) in [5, 5.41) is 0. The molecule has 0 aliphatic heterocycles. The number of hydrogen-bond donors (Lipinski definition) is 0. The number of carbonyl (C=O) groups excluding carboxylic acids is 3. The van der Waals surface area contributed by atoms with Crippen LogP contribution in [0.2, 0.25) is 0 Å². The van der Waals surface area contributed by atoms with Gasteiger partial charge >= 0.3 is 17.9 Å². The van der Waals surface area contributed by atoms with Crippen molar-refractivity contribution in [3.05, 3.63) is 0 Å². The summed E-state index contributed by atoms with van der Waals surface area (Å²) in [7, 11) is 0. The van der Waals surface area contributed by atoms with Gasteiger partial charge in [-0.15, -0.1) is 0 Å². The van der Waals surface area contributed by atoms with Crippen molar-refractivity contribution in [1.29, 1.82) is 0 Å². The van der Waals surface area contributed by atoms with Crippen molar-refractivity contribution in [3.8, 4) is 0 Å². The van der Waals surface area contributed by atoms with Crippen molar-refractivity contribution in [2.24, 2.45) is 11.8 Å². The molecular weight excluding hydrogens is 913 g/mol. The third-order valence-electron chi connectivity index (χ3n) is 16.1. The van der Waals surface area contributed by atoms with E-state index in [4.69, 9.17) is 14.2 Å². The van der Waals surface area contributed by atoms with E-state index < -0.39 is 6.10 Å². The molecule has 0 aliphatic rings. The highest BCUT2D eigenvalue weighted by molar-refractivity contribution is 5.71. The average molecular weight is 1050 g/mol. The van der Waals surface area contributed by atoms with E-state index in [1.807, 2.05) is 0 Å². The zero-order chi connectivity index (χ0) is 53.9. The second-order valence-electron chi connectivity index (χ2n) is 24.2. The second kappa shape index (κ2) is 60.6. The Bertz CT molecular complexity index is 1140. The molecule has 0 heterocycles. The van der Waals surface area contributed by atoms with Crippen LogP contribution in [-0.2, 0) is 28.6 Å². The van der Waals surface area contributed by atoms with E-state index in [9.17, 15) is 14.4 Å². The molecule has 0 amide bonds. The fourth-order valence-corrected chi connectivity index (χ4v) is 10.6. The zero-order valence-electron chi connectivity index (χ0n) is 51.0. The van der Waals surface area contributed by atoms with Crippen molar-refractivity contribution < 1.29 is 28.6 Å². The monoisotopic (exact) mass is 1050 g/mol. The first kappa shape index (κ1) is 72.4. The van der Waals surface area contributed by atoms with E-state index in [-0.39, 0.29) is 31.1 Å². The fraction of sp³-hybridized carbons (Fsp3) is 0.956. The Morgan fingerprint density at radius 1 is 0.284 bits per heavy atom. The number of hydrogen-bond acceptors (Lipinski definition) is 6. The van der Waals surface area contributed by atoms with Gasteiger partial charge in [-0.3, -0.25) is 14.4 Å². The van der Waals surface area contributed by atoms with Crippen LogP contribution in [0.25, 0.3) is 0 Å². The van der Waals surface area contributed by atoms with Gasteiger partial charge in [0.15, 0.2) is 6.10 Å². The summed E-state index contributed by atoms with van der Waals surface area (Å²) in [4.78, 5) is 38.4.